The highest BCUT2D eigenvalue weighted by Gasteiger charge is 2.19. The van der Waals surface area contributed by atoms with Gasteiger partial charge in [-0.2, -0.15) is 0 Å². The van der Waals surface area contributed by atoms with Crippen LogP contribution < -0.4 is 16.5 Å². The number of nitrogens with one attached hydrogen (secondary N) is 3. The Morgan fingerprint density at radius 3 is 1.69 bits per heavy atom. The van der Waals surface area contributed by atoms with Crippen molar-refractivity contribution in [3.63, 3.8) is 0 Å². The van der Waals surface area contributed by atoms with Gasteiger partial charge in [-0.05, 0) is 72.4 Å². The first kappa shape index (κ1) is 19.5. The molecule has 6 aliphatic rings. The smallest absolute Gasteiger partial charge is 0.170 e. The molecule has 0 unspecified atom stereocenters. The largest absolute Gasteiger partial charge is 0.285 e. The van der Waals surface area contributed by atoms with Crippen LogP contribution in [0.15, 0.2) is 139 Å². The molecule has 8 bridgehead atoms. The Labute approximate surface area is 201 Å². The molecule has 7 rings (SSSR count). The highest BCUT2D eigenvalue weighted by Crippen LogP contribution is 2.31. The van der Waals surface area contributed by atoms with E-state index in [1.165, 1.54) is 0 Å². The summed E-state index contributed by atoms with van der Waals surface area (Å²) >= 11 is 0. The standard InChI is InChI=1S/C27H18N8/c1-3-17(27-32-34-35-33-27)4-2-16(1)25-14-24-13-22-8-7-20(29-22)11-18-5-6-19(28-18)12-21-9-10-23(30-21)15-26(25)31-24/h1-15,34-35H,(H,32,33). The van der Waals surface area contributed by atoms with Crippen LogP contribution in [0.3, 0.4) is 0 Å². The number of rotatable bonds is 2. The van der Waals surface area contributed by atoms with Gasteiger partial charge < -0.3 is 0 Å². The van der Waals surface area contributed by atoms with Crippen LogP contribution in [0.25, 0.3) is 5.57 Å². The second-order valence-corrected chi connectivity index (χ2v) is 8.34. The van der Waals surface area contributed by atoms with Gasteiger partial charge in [-0.15, -0.1) is 10.6 Å². The molecule has 8 heteroatoms. The zero-order valence-electron chi connectivity index (χ0n) is 18.4. The van der Waals surface area contributed by atoms with Crippen LogP contribution in [0, 0.1) is 0 Å². The normalized spacial score (nSPS) is 21.1. The van der Waals surface area contributed by atoms with E-state index >= 15 is 0 Å². The third-order valence-electron chi connectivity index (χ3n) is 5.91. The fourth-order valence-corrected chi connectivity index (χ4v) is 4.27. The van der Waals surface area contributed by atoms with E-state index in [9.17, 15) is 0 Å². The highest BCUT2D eigenvalue weighted by molar-refractivity contribution is 6.19. The Kier molecular flexibility index (Phi) is 4.36. The molecule has 0 spiro atoms. The van der Waals surface area contributed by atoms with E-state index in [0.717, 1.165) is 68.2 Å². The molecule has 3 N–H and O–H groups in total. The third-order valence-corrected chi connectivity index (χ3v) is 5.91. The summed E-state index contributed by atoms with van der Waals surface area (Å²) in [5, 5.41) is 4.16. The molecule has 0 fully saturated rings. The Balaban J connectivity index is 1.31. The van der Waals surface area contributed by atoms with Crippen LogP contribution in [0.1, 0.15) is 11.1 Å². The molecule has 0 aliphatic carbocycles. The second-order valence-electron chi connectivity index (χ2n) is 8.34. The maximum atomic E-state index is 4.91. The van der Waals surface area contributed by atoms with Crippen molar-refractivity contribution in [2.75, 3.05) is 0 Å². The fraction of sp³-hybridized carbons (Fsp3) is 0. The van der Waals surface area contributed by atoms with E-state index in [2.05, 4.69) is 44.8 Å². The first-order valence-electron chi connectivity index (χ1n) is 11.2. The fourth-order valence-electron chi connectivity index (χ4n) is 4.27. The van der Waals surface area contributed by atoms with Crippen molar-refractivity contribution in [3.8, 4) is 0 Å². The Morgan fingerprint density at radius 1 is 0.514 bits per heavy atom. The van der Waals surface area contributed by atoms with Crippen LogP contribution in [-0.2, 0) is 0 Å². The van der Waals surface area contributed by atoms with Crippen molar-refractivity contribution in [2.24, 2.45) is 25.1 Å². The summed E-state index contributed by atoms with van der Waals surface area (Å²) in [6, 6.07) is 8.20. The van der Waals surface area contributed by atoms with Crippen LogP contribution in [0.5, 0.6) is 0 Å². The van der Waals surface area contributed by atoms with Gasteiger partial charge in [0.15, 0.2) is 5.84 Å². The van der Waals surface area contributed by atoms with Crippen LogP contribution in [-0.4, -0.2) is 28.7 Å². The third kappa shape index (κ3) is 3.77. The minimum Gasteiger partial charge on any atom is -0.285 e. The molecule has 35 heavy (non-hydrogen) atoms. The van der Waals surface area contributed by atoms with E-state index in [1.807, 2.05) is 72.9 Å². The van der Waals surface area contributed by atoms with Gasteiger partial charge in [0.05, 0.1) is 45.6 Å². The molecule has 0 aromatic heterocycles. The zero-order chi connectivity index (χ0) is 23.2. The van der Waals surface area contributed by atoms with Gasteiger partial charge in [0.1, 0.15) is 0 Å². The van der Waals surface area contributed by atoms with Crippen LogP contribution in [0.4, 0.5) is 0 Å². The molecule has 0 atom stereocenters. The van der Waals surface area contributed by atoms with Gasteiger partial charge in [0.25, 0.3) is 0 Å². The van der Waals surface area contributed by atoms with Gasteiger partial charge in [0, 0.05) is 11.1 Å². The van der Waals surface area contributed by atoms with E-state index in [0.29, 0.717) is 0 Å². The Hall–Kier alpha value is -4.95. The van der Waals surface area contributed by atoms with E-state index in [1.54, 1.807) is 0 Å². The predicted molar refractivity (Wildman–Crippen MR) is 140 cm³/mol. The number of allylic oxidation sites excluding steroid dienone is 12. The molecular formula is C27H18N8. The average Bonchev–Trinajstić information content (AvgIpc) is 3.68. The quantitative estimate of drug-likeness (QED) is 0.639. The van der Waals surface area contributed by atoms with E-state index in [4.69, 9.17) is 15.0 Å². The maximum absolute atomic E-state index is 4.91. The lowest BCUT2D eigenvalue weighted by Gasteiger charge is -2.06. The van der Waals surface area contributed by atoms with E-state index in [-0.39, 0.29) is 0 Å². The van der Waals surface area contributed by atoms with Crippen molar-refractivity contribution >= 4 is 34.3 Å². The number of fused-ring (bicyclic) bond motifs is 4. The molecule has 166 valence electrons. The SMILES string of the molecule is C1=CC2=NC1=CC1=NC(=CC3=NC(=CC4=NC(=C2)C=C4)C(c2ccc(C4=NNNN4)cc2)=C3)C=C1. The van der Waals surface area contributed by atoms with Crippen molar-refractivity contribution in [3.05, 3.63) is 125 Å². The lowest BCUT2D eigenvalue weighted by atomic mass is 10.0. The van der Waals surface area contributed by atoms with Crippen LogP contribution >= 0.6 is 0 Å². The van der Waals surface area contributed by atoms with Gasteiger partial charge in [-0.1, -0.05) is 24.3 Å². The summed E-state index contributed by atoms with van der Waals surface area (Å²) in [5.74, 6) is 0.737. The molecular weight excluding hydrogens is 436 g/mol. The lowest BCUT2D eigenvalue weighted by molar-refractivity contribution is 0.577. The van der Waals surface area contributed by atoms with Gasteiger partial charge in [0.2, 0.25) is 0 Å². The highest BCUT2D eigenvalue weighted by atomic mass is 15.8. The number of benzene rings is 1. The molecule has 8 nitrogen and oxygen atoms in total. The van der Waals surface area contributed by atoms with Gasteiger partial charge in [-0.3, -0.25) is 5.43 Å². The summed E-state index contributed by atoms with van der Waals surface area (Å²) in [5.41, 5.74) is 18.3. The molecule has 1 aromatic carbocycles. The minimum absolute atomic E-state index is 0.737. The molecule has 6 aliphatic heterocycles. The van der Waals surface area contributed by atoms with E-state index < -0.39 is 0 Å². The molecule has 0 saturated heterocycles. The summed E-state index contributed by atoms with van der Waals surface area (Å²) < 4.78 is 0. The first-order chi connectivity index (χ1) is 17.2. The number of hydrazine groups is 2. The molecule has 6 heterocycles. The van der Waals surface area contributed by atoms with Crippen molar-refractivity contribution < 1.29 is 0 Å². The molecule has 0 radical (unpaired) electrons. The number of aliphatic imine (C=N–C) groups is 4. The maximum Gasteiger partial charge on any atom is 0.170 e. The Bertz CT molecular complexity index is 1580. The summed E-state index contributed by atoms with van der Waals surface area (Å²) in [6.07, 6.45) is 22.0. The topological polar surface area (TPSA) is 97.9 Å². The number of nitrogens with zero attached hydrogens (tertiary/aromatic N) is 5. The van der Waals surface area contributed by atoms with Crippen LogP contribution in [0.2, 0.25) is 0 Å². The minimum atomic E-state index is 0.737. The summed E-state index contributed by atoms with van der Waals surface area (Å²) in [7, 11) is 0. The number of amidine groups is 1. The van der Waals surface area contributed by atoms with Crippen molar-refractivity contribution in [1.29, 1.82) is 0 Å². The van der Waals surface area contributed by atoms with Gasteiger partial charge >= 0.3 is 0 Å². The predicted octanol–water partition coefficient (Wildman–Crippen LogP) is 3.38. The summed E-state index contributed by atoms with van der Waals surface area (Å²) in [4.78, 5) is 19.1. The molecule has 1 aromatic rings. The summed E-state index contributed by atoms with van der Waals surface area (Å²) in [6.45, 7) is 0. The number of hydrogen-bond donors (Lipinski definition) is 3. The monoisotopic (exact) mass is 454 g/mol. The van der Waals surface area contributed by atoms with Crippen molar-refractivity contribution in [2.45, 2.75) is 0 Å². The molecule has 0 saturated carbocycles. The molecule has 0 amide bonds. The van der Waals surface area contributed by atoms with Gasteiger partial charge in [-0.25, -0.2) is 25.5 Å². The number of hydrogen-bond acceptors (Lipinski definition) is 8. The second kappa shape index (κ2) is 7.82. The number of hydrazone groups is 1. The average molecular weight is 454 g/mol. The first-order valence-corrected chi connectivity index (χ1v) is 11.2. The van der Waals surface area contributed by atoms with Crippen molar-refractivity contribution in [1.82, 2.24) is 16.5 Å². The zero-order valence-corrected chi connectivity index (χ0v) is 18.4. The Morgan fingerprint density at radius 2 is 1.09 bits per heavy atom. The lowest BCUT2D eigenvalue weighted by Crippen LogP contribution is -2.35.